The minimum absolute atomic E-state index is 0.0424. The van der Waals surface area contributed by atoms with Crippen molar-refractivity contribution >= 4 is 28.8 Å². The first kappa shape index (κ1) is 27.6. The van der Waals surface area contributed by atoms with Crippen LogP contribution in [0.1, 0.15) is 44.1 Å². The fourth-order valence-electron chi connectivity index (χ4n) is 4.62. The van der Waals surface area contributed by atoms with Gasteiger partial charge in [0.2, 0.25) is 5.79 Å². The molecule has 9 heteroatoms. The Morgan fingerprint density at radius 3 is 2.35 bits per heavy atom. The maximum Gasteiger partial charge on any atom is 0.306 e. The molecule has 0 radical (unpaired) electrons. The van der Waals surface area contributed by atoms with Crippen molar-refractivity contribution in [1.82, 2.24) is 0 Å². The third-order valence-electron chi connectivity index (χ3n) is 6.76. The van der Waals surface area contributed by atoms with Crippen LogP contribution in [0.3, 0.4) is 0 Å². The predicted molar refractivity (Wildman–Crippen MR) is 146 cm³/mol. The van der Waals surface area contributed by atoms with Crippen molar-refractivity contribution in [3.8, 4) is 17.2 Å². The van der Waals surface area contributed by atoms with Crippen LogP contribution in [0.15, 0.2) is 66.7 Å². The summed E-state index contributed by atoms with van der Waals surface area (Å²) in [5.41, 5.74) is 1.00. The molecule has 1 heterocycles. The van der Waals surface area contributed by atoms with Crippen LogP contribution in [0.4, 0.5) is 0 Å². The largest absolute Gasteiger partial charge is 0.490 e. The van der Waals surface area contributed by atoms with E-state index < -0.39 is 17.7 Å². The summed E-state index contributed by atoms with van der Waals surface area (Å²) in [6.45, 7) is 0.685. The molecule has 40 heavy (non-hydrogen) atoms. The van der Waals surface area contributed by atoms with Gasteiger partial charge in [0.1, 0.15) is 36.6 Å². The van der Waals surface area contributed by atoms with Crippen LogP contribution in [-0.2, 0) is 28.8 Å². The average Bonchev–Trinajstić information content (AvgIpc) is 3.42. The van der Waals surface area contributed by atoms with Crippen LogP contribution in [0.5, 0.6) is 17.2 Å². The predicted octanol–water partition coefficient (Wildman–Crippen LogP) is 6.05. The molecular weight excluding hydrogens is 516 g/mol. The number of ether oxygens (including phenoxy) is 4. The zero-order valence-electron chi connectivity index (χ0n) is 22.1. The van der Waals surface area contributed by atoms with Crippen molar-refractivity contribution in [2.75, 3.05) is 19.8 Å². The Hall–Kier alpha value is -3.92. The molecule has 1 aliphatic heterocycles. The third-order valence-corrected chi connectivity index (χ3v) is 6.76. The highest BCUT2D eigenvalue weighted by atomic mass is 17.2. The van der Waals surface area contributed by atoms with Gasteiger partial charge in [-0.3, -0.25) is 9.59 Å². The minimum Gasteiger partial charge on any atom is -0.490 e. The van der Waals surface area contributed by atoms with Gasteiger partial charge in [0.05, 0.1) is 19.4 Å². The summed E-state index contributed by atoms with van der Waals surface area (Å²) in [7, 11) is 0. The van der Waals surface area contributed by atoms with E-state index in [0.29, 0.717) is 23.9 Å². The summed E-state index contributed by atoms with van der Waals surface area (Å²) in [6, 6.07) is 19.2. The van der Waals surface area contributed by atoms with E-state index in [1.165, 1.54) is 0 Å². The summed E-state index contributed by atoms with van der Waals surface area (Å²) in [5.74, 6) is -0.120. The Bertz CT molecular complexity index is 1330. The number of benzene rings is 3. The number of aliphatic carboxylic acids is 1. The van der Waals surface area contributed by atoms with Gasteiger partial charge in [-0.15, -0.1) is 0 Å². The molecule has 3 aromatic rings. The Morgan fingerprint density at radius 2 is 1.62 bits per heavy atom. The molecule has 9 nitrogen and oxygen atoms in total. The smallest absolute Gasteiger partial charge is 0.306 e. The van der Waals surface area contributed by atoms with Crippen molar-refractivity contribution in [2.45, 2.75) is 50.4 Å². The molecular formula is C31H32O9. The van der Waals surface area contributed by atoms with Crippen LogP contribution in [0.25, 0.3) is 16.8 Å². The molecule has 0 amide bonds. The SMILES string of the molecule is O=C(O)CCC(=O)OCCOc1ccc2ccc(Oc3ccc(C=CC4COC5(CCCC5)OO4)cc3)cc2c1. The van der Waals surface area contributed by atoms with E-state index in [1.54, 1.807) is 0 Å². The summed E-state index contributed by atoms with van der Waals surface area (Å²) in [4.78, 5) is 33.1. The van der Waals surface area contributed by atoms with Crippen LogP contribution in [0, 0.1) is 0 Å². The van der Waals surface area contributed by atoms with Gasteiger partial charge in [-0.05, 0) is 71.7 Å². The molecule has 1 atom stereocenters. The molecule has 5 rings (SSSR count). The summed E-state index contributed by atoms with van der Waals surface area (Å²) in [6.07, 6.45) is 7.23. The highest BCUT2D eigenvalue weighted by Gasteiger charge is 2.41. The summed E-state index contributed by atoms with van der Waals surface area (Å²) in [5, 5.41) is 10.6. The maximum absolute atomic E-state index is 11.5. The first-order valence-corrected chi connectivity index (χ1v) is 13.5. The lowest BCUT2D eigenvalue weighted by atomic mass is 10.1. The molecule has 210 valence electrons. The van der Waals surface area contributed by atoms with Crippen molar-refractivity contribution < 1.29 is 43.4 Å². The Kier molecular flexibility index (Phi) is 8.95. The second-order valence-corrected chi connectivity index (χ2v) is 9.81. The lowest BCUT2D eigenvalue weighted by Gasteiger charge is -2.34. The number of rotatable bonds is 11. The monoisotopic (exact) mass is 548 g/mol. The normalized spacial score (nSPS) is 18.2. The quantitative estimate of drug-likeness (QED) is 0.174. The third kappa shape index (κ3) is 7.59. The van der Waals surface area contributed by atoms with E-state index in [0.717, 1.165) is 42.0 Å². The lowest BCUT2D eigenvalue weighted by Crippen LogP contribution is -2.42. The Morgan fingerprint density at radius 1 is 0.900 bits per heavy atom. The van der Waals surface area contributed by atoms with Gasteiger partial charge in [0.15, 0.2) is 0 Å². The van der Waals surface area contributed by atoms with E-state index in [-0.39, 0.29) is 32.2 Å². The number of carbonyl (C=O) groups excluding carboxylic acids is 1. The van der Waals surface area contributed by atoms with Crippen LogP contribution >= 0.6 is 0 Å². The zero-order valence-corrected chi connectivity index (χ0v) is 22.1. The second kappa shape index (κ2) is 13.0. The molecule has 1 saturated heterocycles. The van der Waals surface area contributed by atoms with Gasteiger partial charge in [-0.25, -0.2) is 9.78 Å². The number of carbonyl (C=O) groups is 2. The van der Waals surface area contributed by atoms with Crippen molar-refractivity contribution in [1.29, 1.82) is 0 Å². The zero-order chi connectivity index (χ0) is 27.8. The Labute approximate surface area is 232 Å². The topological polar surface area (TPSA) is 110 Å². The Balaban J connectivity index is 1.11. The van der Waals surface area contributed by atoms with Crippen LogP contribution in [-0.4, -0.2) is 48.8 Å². The molecule has 1 N–H and O–H groups in total. The van der Waals surface area contributed by atoms with Gasteiger partial charge in [-0.1, -0.05) is 30.3 Å². The summed E-state index contributed by atoms with van der Waals surface area (Å²) >= 11 is 0. The number of esters is 1. The van der Waals surface area contributed by atoms with Crippen molar-refractivity contribution in [2.24, 2.45) is 0 Å². The fourth-order valence-corrected chi connectivity index (χ4v) is 4.62. The van der Waals surface area contributed by atoms with E-state index in [2.05, 4.69) is 0 Å². The van der Waals surface area contributed by atoms with E-state index >= 15 is 0 Å². The van der Waals surface area contributed by atoms with E-state index in [9.17, 15) is 9.59 Å². The van der Waals surface area contributed by atoms with Gasteiger partial charge >= 0.3 is 11.9 Å². The molecule has 1 unspecified atom stereocenters. The van der Waals surface area contributed by atoms with Gasteiger partial charge < -0.3 is 24.1 Å². The molecule has 1 saturated carbocycles. The van der Waals surface area contributed by atoms with Gasteiger partial charge in [0.25, 0.3) is 0 Å². The van der Waals surface area contributed by atoms with Crippen LogP contribution in [0.2, 0.25) is 0 Å². The molecule has 0 bridgehead atoms. The first-order chi connectivity index (χ1) is 19.5. The molecule has 1 spiro atoms. The second-order valence-electron chi connectivity index (χ2n) is 9.81. The van der Waals surface area contributed by atoms with Crippen molar-refractivity contribution in [3.63, 3.8) is 0 Å². The average molecular weight is 549 g/mol. The number of fused-ring (bicyclic) bond motifs is 1. The van der Waals surface area contributed by atoms with Crippen LogP contribution < -0.4 is 9.47 Å². The number of hydrogen-bond donors (Lipinski definition) is 1. The number of carboxylic acid groups (broad SMARTS) is 1. The highest BCUT2D eigenvalue weighted by molar-refractivity contribution is 5.85. The molecule has 0 aromatic heterocycles. The van der Waals surface area contributed by atoms with Crippen molar-refractivity contribution in [3.05, 3.63) is 72.3 Å². The lowest BCUT2D eigenvalue weighted by molar-refractivity contribution is -0.477. The maximum atomic E-state index is 11.5. The summed E-state index contributed by atoms with van der Waals surface area (Å²) < 4.78 is 22.7. The molecule has 1 aliphatic carbocycles. The molecule has 3 aromatic carbocycles. The fraction of sp³-hybridized carbons (Fsp3) is 0.355. The minimum atomic E-state index is -1.04. The number of hydrogen-bond acceptors (Lipinski definition) is 8. The molecule has 2 fully saturated rings. The molecule has 2 aliphatic rings. The highest BCUT2D eigenvalue weighted by Crippen LogP contribution is 2.37. The van der Waals surface area contributed by atoms with E-state index in [4.69, 9.17) is 33.8 Å². The van der Waals surface area contributed by atoms with Gasteiger partial charge in [0, 0.05) is 12.8 Å². The number of carboxylic acids is 1. The van der Waals surface area contributed by atoms with Gasteiger partial charge in [-0.2, -0.15) is 0 Å². The van der Waals surface area contributed by atoms with E-state index in [1.807, 2.05) is 72.8 Å². The standard InChI is InChI=1S/C31H32O9/c32-29(33)13-14-30(34)36-18-17-35-26-11-6-23-7-12-27(20-24(23)19-26)38-25-8-3-22(4-9-25)5-10-28-21-37-31(40-39-28)15-1-2-16-31/h3-12,19-20,28H,1-2,13-18,21H2,(H,32,33). The first-order valence-electron chi connectivity index (χ1n) is 13.5.